The van der Waals surface area contributed by atoms with Gasteiger partial charge in [-0.25, -0.2) is 0 Å². The summed E-state index contributed by atoms with van der Waals surface area (Å²) >= 11 is 0. The van der Waals surface area contributed by atoms with Crippen LogP contribution in [0.3, 0.4) is 0 Å². The number of carbonyl (C=O) groups excluding carboxylic acids is 1. The van der Waals surface area contributed by atoms with Gasteiger partial charge in [0.25, 0.3) is 0 Å². The minimum Gasteiger partial charge on any atom is -0.373 e. The van der Waals surface area contributed by atoms with E-state index in [4.69, 9.17) is 0 Å². The molecule has 2 aromatic carbocycles. The van der Waals surface area contributed by atoms with Crippen molar-refractivity contribution in [2.75, 3.05) is 10.6 Å². The quantitative estimate of drug-likeness (QED) is 0.862. The molecule has 1 aliphatic heterocycles. The van der Waals surface area contributed by atoms with E-state index in [9.17, 15) is 4.79 Å². The van der Waals surface area contributed by atoms with E-state index in [1.807, 2.05) is 49.4 Å². The van der Waals surface area contributed by atoms with Gasteiger partial charge in [-0.05, 0) is 36.2 Å². The predicted molar refractivity (Wildman–Crippen MR) is 77.4 cm³/mol. The van der Waals surface area contributed by atoms with Crippen LogP contribution in [-0.4, -0.2) is 11.9 Å². The topological polar surface area (TPSA) is 41.1 Å². The average Bonchev–Trinajstić information content (AvgIpc) is 2.82. The van der Waals surface area contributed by atoms with Crippen LogP contribution in [0.5, 0.6) is 0 Å². The molecule has 0 radical (unpaired) electrons. The molecule has 0 unspecified atom stereocenters. The predicted octanol–water partition coefficient (Wildman–Crippen LogP) is 2.97. The van der Waals surface area contributed by atoms with E-state index in [0.717, 1.165) is 23.4 Å². The van der Waals surface area contributed by atoms with Crippen LogP contribution in [0.1, 0.15) is 11.1 Å². The van der Waals surface area contributed by atoms with Gasteiger partial charge in [0.2, 0.25) is 5.91 Å². The third-order valence-corrected chi connectivity index (χ3v) is 3.37. The second kappa shape index (κ2) is 4.76. The van der Waals surface area contributed by atoms with Gasteiger partial charge in [0.1, 0.15) is 6.04 Å². The first-order valence-corrected chi connectivity index (χ1v) is 6.44. The lowest BCUT2D eigenvalue weighted by molar-refractivity contribution is -0.116. The maximum Gasteiger partial charge on any atom is 0.247 e. The highest BCUT2D eigenvalue weighted by Crippen LogP contribution is 2.25. The summed E-state index contributed by atoms with van der Waals surface area (Å²) in [7, 11) is 0. The van der Waals surface area contributed by atoms with Crippen molar-refractivity contribution in [3.8, 4) is 0 Å². The Labute approximate surface area is 112 Å². The van der Waals surface area contributed by atoms with Gasteiger partial charge in [-0.15, -0.1) is 0 Å². The number of amides is 1. The third kappa shape index (κ3) is 2.45. The summed E-state index contributed by atoms with van der Waals surface area (Å²) < 4.78 is 0. The van der Waals surface area contributed by atoms with Crippen LogP contribution >= 0.6 is 0 Å². The van der Waals surface area contributed by atoms with Crippen molar-refractivity contribution in [3.05, 3.63) is 59.7 Å². The van der Waals surface area contributed by atoms with Crippen molar-refractivity contribution in [1.29, 1.82) is 0 Å². The average molecular weight is 252 g/mol. The molecule has 0 aromatic heterocycles. The van der Waals surface area contributed by atoms with E-state index in [2.05, 4.69) is 16.7 Å². The van der Waals surface area contributed by atoms with Crippen molar-refractivity contribution in [3.63, 3.8) is 0 Å². The summed E-state index contributed by atoms with van der Waals surface area (Å²) in [6.07, 6.45) is 0.744. The zero-order valence-electron chi connectivity index (χ0n) is 10.8. The number of hydrogen-bond acceptors (Lipinski definition) is 2. The fraction of sp³-hybridized carbons (Fsp3) is 0.188. The Hall–Kier alpha value is -2.29. The molecule has 3 heteroatoms. The molecule has 96 valence electrons. The first-order chi connectivity index (χ1) is 9.22. The number of nitrogens with one attached hydrogen (secondary N) is 2. The van der Waals surface area contributed by atoms with E-state index >= 15 is 0 Å². The minimum atomic E-state index is -0.182. The summed E-state index contributed by atoms with van der Waals surface area (Å²) in [4.78, 5) is 12.2. The van der Waals surface area contributed by atoms with Gasteiger partial charge >= 0.3 is 0 Å². The molecule has 2 N–H and O–H groups in total. The Morgan fingerprint density at radius 2 is 2.05 bits per heavy atom. The van der Waals surface area contributed by atoms with Crippen LogP contribution in [-0.2, 0) is 11.2 Å². The zero-order valence-corrected chi connectivity index (χ0v) is 10.8. The Morgan fingerprint density at radius 3 is 2.84 bits per heavy atom. The van der Waals surface area contributed by atoms with Gasteiger partial charge in [-0.3, -0.25) is 4.79 Å². The maximum atomic E-state index is 12.2. The molecule has 0 spiro atoms. The molecule has 0 aliphatic carbocycles. The molecule has 0 fully saturated rings. The number of aryl methyl sites for hydroxylation is 1. The highest BCUT2D eigenvalue weighted by molar-refractivity contribution is 5.98. The number of hydrogen-bond donors (Lipinski definition) is 2. The fourth-order valence-corrected chi connectivity index (χ4v) is 2.41. The molecular formula is C16H16N2O. The van der Waals surface area contributed by atoms with Gasteiger partial charge in [0.15, 0.2) is 0 Å². The maximum absolute atomic E-state index is 12.2. The molecule has 3 rings (SSSR count). The van der Waals surface area contributed by atoms with Gasteiger partial charge in [0.05, 0.1) is 0 Å². The van der Waals surface area contributed by atoms with Crippen molar-refractivity contribution in [1.82, 2.24) is 0 Å². The lowest BCUT2D eigenvalue weighted by Gasteiger charge is -2.12. The Balaban J connectivity index is 1.70. The van der Waals surface area contributed by atoms with Crippen LogP contribution in [0.25, 0.3) is 0 Å². The third-order valence-electron chi connectivity index (χ3n) is 3.37. The second-order valence-corrected chi connectivity index (χ2v) is 4.92. The van der Waals surface area contributed by atoms with Crippen LogP contribution in [0.2, 0.25) is 0 Å². The highest BCUT2D eigenvalue weighted by Gasteiger charge is 2.26. The Kier molecular flexibility index (Phi) is 2.95. The number of para-hydroxylation sites is 1. The van der Waals surface area contributed by atoms with Crippen molar-refractivity contribution in [2.24, 2.45) is 0 Å². The summed E-state index contributed by atoms with van der Waals surface area (Å²) in [5.74, 6) is 0.0156. The number of rotatable bonds is 2. The van der Waals surface area contributed by atoms with E-state index < -0.39 is 0 Å². The smallest absolute Gasteiger partial charge is 0.247 e. The monoisotopic (exact) mass is 252 g/mol. The summed E-state index contributed by atoms with van der Waals surface area (Å²) in [5.41, 5.74) is 4.25. The van der Waals surface area contributed by atoms with Crippen molar-refractivity contribution < 1.29 is 4.79 Å². The molecule has 1 aliphatic rings. The second-order valence-electron chi connectivity index (χ2n) is 4.92. The standard InChI is InChI=1S/C16H16N2O/c1-11-5-4-7-13(9-11)17-16(19)15-10-12-6-2-3-8-14(12)18-15/h2-9,15,18H,10H2,1H3,(H,17,19)/t15-/m0/s1. The van der Waals surface area contributed by atoms with E-state index in [1.54, 1.807) is 0 Å². The largest absolute Gasteiger partial charge is 0.373 e. The number of anilines is 2. The van der Waals surface area contributed by atoms with Gasteiger partial charge < -0.3 is 10.6 Å². The van der Waals surface area contributed by atoms with Crippen LogP contribution in [0.15, 0.2) is 48.5 Å². The lowest BCUT2D eigenvalue weighted by atomic mass is 10.1. The lowest BCUT2D eigenvalue weighted by Crippen LogP contribution is -2.32. The van der Waals surface area contributed by atoms with Gasteiger partial charge in [0, 0.05) is 17.8 Å². The minimum absolute atomic E-state index is 0.0156. The molecule has 1 heterocycles. The number of carbonyl (C=O) groups is 1. The van der Waals surface area contributed by atoms with Crippen LogP contribution < -0.4 is 10.6 Å². The van der Waals surface area contributed by atoms with Gasteiger partial charge in [-0.2, -0.15) is 0 Å². The number of fused-ring (bicyclic) bond motifs is 1. The molecule has 0 saturated carbocycles. The van der Waals surface area contributed by atoms with E-state index in [-0.39, 0.29) is 11.9 Å². The SMILES string of the molecule is Cc1cccc(NC(=O)[C@@H]2Cc3ccccc3N2)c1. The molecule has 2 aromatic rings. The van der Waals surface area contributed by atoms with Crippen LogP contribution in [0.4, 0.5) is 11.4 Å². The fourth-order valence-electron chi connectivity index (χ4n) is 2.41. The molecule has 0 bridgehead atoms. The normalized spacial score (nSPS) is 16.6. The molecular weight excluding hydrogens is 236 g/mol. The first-order valence-electron chi connectivity index (χ1n) is 6.44. The van der Waals surface area contributed by atoms with Crippen LogP contribution in [0, 0.1) is 6.92 Å². The first kappa shape index (κ1) is 11.8. The van der Waals surface area contributed by atoms with Gasteiger partial charge in [-0.1, -0.05) is 30.3 Å². The molecule has 1 amide bonds. The Bertz CT molecular complexity index is 597. The van der Waals surface area contributed by atoms with Crippen molar-refractivity contribution in [2.45, 2.75) is 19.4 Å². The molecule has 1 atom stereocenters. The summed E-state index contributed by atoms with van der Waals surface area (Å²) in [5, 5.41) is 6.22. The summed E-state index contributed by atoms with van der Waals surface area (Å²) in [6.45, 7) is 2.01. The van der Waals surface area contributed by atoms with E-state index in [1.165, 1.54) is 5.56 Å². The van der Waals surface area contributed by atoms with Crippen molar-refractivity contribution >= 4 is 17.3 Å². The number of benzene rings is 2. The Morgan fingerprint density at radius 1 is 1.21 bits per heavy atom. The zero-order chi connectivity index (χ0) is 13.2. The molecule has 0 saturated heterocycles. The molecule has 19 heavy (non-hydrogen) atoms. The van der Waals surface area contributed by atoms with E-state index in [0.29, 0.717) is 0 Å². The molecule has 3 nitrogen and oxygen atoms in total. The highest BCUT2D eigenvalue weighted by atomic mass is 16.2. The summed E-state index contributed by atoms with van der Waals surface area (Å²) in [6, 6.07) is 15.7.